The van der Waals surface area contributed by atoms with Gasteiger partial charge in [0.1, 0.15) is 0 Å². The van der Waals surface area contributed by atoms with Crippen molar-refractivity contribution >= 4 is 12.0 Å². The number of likely N-dealkylation sites (tertiary alicyclic amines) is 2. The van der Waals surface area contributed by atoms with Crippen LogP contribution in [0.15, 0.2) is 0 Å². The van der Waals surface area contributed by atoms with E-state index in [1.807, 2.05) is 4.90 Å². The van der Waals surface area contributed by atoms with Crippen LogP contribution >= 0.6 is 0 Å². The Morgan fingerprint density at radius 3 is 2.25 bits per heavy atom. The molecule has 2 aliphatic heterocycles. The van der Waals surface area contributed by atoms with Crippen LogP contribution in [0.5, 0.6) is 0 Å². The Kier molecular flexibility index (Phi) is 4.25. The Bertz CT molecular complexity index is 383. The summed E-state index contributed by atoms with van der Waals surface area (Å²) in [6.07, 6.45) is 3.30. The van der Waals surface area contributed by atoms with Crippen LogP contribution in [0.4, 0.5) is 4.79 Å². The van der Waals surface area contributed by atoms with Crippen molar-refractivity contribution < 1.29 is 14.7 Å². The second-order valence-electron chi connectivity index (χ2n) is 6.73. The summed E-state index contributed by atoms with van der Waals surface area (Å²) in [4.78, 5) is 26.9. The first kappa shape index (κ1) is 15.1. The Balaban J connectivity index is 1.79. The number of aliphatic carboxylic acids is 1. The van der Waals surface area contributed by atoms with Crippen LogP contribution in [0.25, 0.3) is 0 Å². The molecule has 0 saturated carbocycles. The smallest absolute Gasteiger partial charge is 0.320 e. The molecule has 0 aromatic heterocycles. The molecule has 5 nitrogen and oxygen atoms in total. The van der Waals surface area contributed by atoms with Crippen molar-refractivity contribution in [1.82, 2.24) is 9.80 Å². The van der Waals surface area contributed by atoms with Crippen LogP contribution in [0.3, 0.4) is 0 Å². The minimum Gasteiger partial charge on any atom is -0.481 e. The SMILES string of the molecule is CCC1(C)CCN(C(=O)N2CC(C(C)C(=O)O)C2)CC1. The maximum Gasteiger partial charge on any atom is 0.320 e. The lowest BCUT2D eigenvalue weighted by Crippen LogP contribution is -2.58. The molecule has 2 rings (SSSR count). The molecule has 5 heteroatoms. The van der Waals surface area contributed by atoms with E-state index in [9.17, 15) is 9.59 Å². The van der Waals surface area contributed by atoms with Crippen molar-refractivity contribution in [2.75, 3.05) is 26.2 Å². The highest BCUT2D eigenvalue weighted by Crippen LogP contribution is 2.35. The summed E-state index contributed by atoms with van der Waals surface area (Å²) in [5.74, 6) is -1.01. The molecule has 0 spiro atoms. The average molecular weight is 282 g/mol. The third-order valence-electron chi connectivity index (χ3n) is 5.37. The molecule has 20 heavy (non-hydrogen) atoms. The predicted octanol–water partition coefficient (Wildman–Crippen LogP) is 2.27. The van der Waals surface area contributed by atoms with Gasteiger partial charge in [-0.2, -0.15) is 0 Å². The number of rotatable bonds is 3. The summed E-state index contributed by atoms with van der Waals surface area (Å²) in [6.45, 7) is 9.08. The molecule has 2 saturated heterocycles. The molecule has 2 fully saturated rings. The van der Waals surface area contributed by atoms with Gasteiger partial charge in [0.15, 0.2) is 0 Å². The minimum atomic E-state index is -0.765. The fraction of sp³-hybridized carbons (Fsp3) is 0.867. The van der Waals surface area contributed by atoms with Crippen LogP contribution in [-0.2, 0) is 4.79 Å². The molecule has 0 bridgehead atoms. The third kappa shape index (κ3) is 2.91. The number of urea groups is 1. The highest BCUT2D eigenvalue weighted by molar-refractivity contribution is 5.76. The van der Waals surface area contributed by atoms with Gasteiger partial charge in [0.25, 0.3) is 0 Å². The minimum absolute atomic E-state index is 0.0944. The fourth-order valence-electron chi connectivity index (χ4n) is 2.98. The second-order valence-corrected chi connectivity index (χ2v) is 6.73. The fourth-order valence-corrected chi connectivity index (χ4v) is 2.98. The number of carbonyl (C=O) groups is 2. The van der Waals surface area contributed by atoms with Gasteiger partial charge in [-0.1, -0.05) is 27.2 Å². The van der Waals surface area contributed by atoms with E-state index < -0.39 is 5.97 Å². The molecule has 0 radical (unpaired) electrons. The molecule has 114 valence electrons. The average Bonchev–Trinajstić information content (AvgIpc) is 2.37. The third-order valence-corrected chi connectivity index (χ3v) is 5.37. The number of amides is 2. The molecular formula is C15H26N2O3. The van der Waals surface area contributed by atoms with Gasteiger partial charge in [-0.25, -0.2) is 4.79 Å². The largest absolute Gasteiger partial charge is 0.481 e. The standard InChI is InChI=1S/C15H26N2O3/c1-4-15(3)5-7-16(8-6-15)14(20)17-9-12(10-17)11(2)13(18)19/h11-12H,4-10H2,1-3H3,(H,18,19). The zero-order chi connectivity index (χ0) is 14.9. The summed E-state index contributed by atoms with van der Waals surface area (Å²) in [5.41, 5.74) is 0.381. The van der Waals surface area contributed by atoms with E-state index in [4.69, 9.17) is 5.11 Å². The van der Waals surface area contributed by atoms with Gasteiger partial charge in [0.05, 0.1) is 5.92 Å². The first-order chi connectivity index (χ1) is 9.36. The predicted molar refractivity (Wildman–Crippen MR) is 76.5 cm³/mol. The number of carbonyl (C=O) groups excluding carboxylic acids is 1. The number of nitrogens with zero attached hydrogens (tertiary/aromatic N) is 2. The van der Waals surface area contributed by atoms with Gasteiger partial charge in [-0.3, -0.25) is 4.79 Å². The Hall–Kier alpha value is -1.26. The summed E-state index contributed by atoms with van der Waals surface area (Å²) in [5, 5.41) is 8.96. The molecular weight excluding hydrogens is 256 g/mol. The first-order valence-electron chi connectivity index (χ1n) is 7.63. The van der Waals surface area contributed by atoms with E-state index in [0.29, 0.717) is 18.5 Å². The van der Waals surface area contributed by atoms with Crippen molar-refractivity contribution in [2.45, 2.75) is 40.0 Å². The van der Waals surface area contributed by atoms with Gasteiger partial charge in [-0.05, 0) is 18.3 Å². The number of hydrogen-bond donors (Lipinski definition) is 1. The van der Waals surface area contributed by atoms with Crippen LogP contribution in [0, 0.1) is 17.3 Å². The van der Waals surface area contributed by atoms with E-state index in [1.165, 1.54) is 0 Å². The molecule has 2 amide bonds. The Labute approximate surface area is 120 Å². The maximum atomic E-state index is 12.3. The Morgan fingerprint density at radius 2 is 1.80 bits per heavy atom. The quantitative estimate of drug-likeness (QED) is 0.863. The number of carboxylic acids is 1. The van der Waals surface area contributed by atoms with Gasteiger partial charge in [-0.15, -0.1) is 0 Å². The lowest BCUT2D eigenvalue weighted by molar-refractivity contribution is -0.145. The van der Waals surface area contributed by atoms with Crippen LogP contribution in [0.2, 0.25) is 0 Å². The van der Waals surface area contributed by atoms with E-state index >= 15 is 0 Å². The van der Waals surface area contributed by atoms with Crippen molar-refractivity contribution in [3.63, 3.8) is 0 Å². The van der Waals surface area contributed by atoms with Crippen LogP contribution < -0.4 is 0 Å². The van der Waals surface area contributed by atoms with Crippen molar-refractivity contribution in [3.05, 3.63) is 0 Å². The molecule has 2 heterocycles. The summed E-state index contributed by atoms with van der Waals surface area (Å²) < 4.78 is 0. The van der Waals surface area contributed by atoms with Crippen molar-refractivity contribution in [3.8, 4) is 0 Å². The molecule has 1 N–H and O–H groups in total. The van der Waals surface area contributed by atoms with Gasteiger partial charge < -0.3 is 14.9 Å². The first-order valence-corrected chi connectivity index (χ1v) is 7.63. The molecule has 0 aromatic carbocycles. The summed E-state index contributed by atoms with van der Waals surface area (Å²) in [6, 6.07) is 0.0944. The molecule has 1 atom stereocenters. The van der Waals surface area contributed by atoms with Crippen molar-refractivity contribution in [2.24, 2.45) is 17.3 Å². The summed E-state index contributed by atoms with van der Waals surface area (Å²) >= 11 is 0. The van der Waals surface area contributed by atoms with E-state index in [1.54, 1.807) is 11.8 Å². The Morgan fingerprint density at radius 1 is 1.25 bits per heavy atom. The maximum absolute atomic E-state index is 12.3. The number of carboxylic acid groups (broad SMARTS) is 1. The van der Waals surface area contributed by atoms with Crippen molar-refractivity contribution in [1.29, 1.82) is 0 Å². The normalized spacial score (nSPS) is 24.1. The van der Waals surface area contributed by atoms with Crippen LogP contribution in [0.1, 0.15) is 40.0 Å². The zero-order valence-corrected chi connectivity index (χ0v) is 12.8. The van der Waals surface area contributed by atoms with E-state index in [-0.39, 0.29) is 17.9 Å². The zero-order valence-electron chi connectivity index (χ0n) is 12.8. The lowest BCUT2D eigenvalue weighted by Gasteiger charge is -2.46. The van der Waals surface area contributed by atoms with Gasteiger partial charge in [0, 0.05) is 32.1 Å². The highest BCUT2D eigenvalue weighted by Gasteiger charge is 2.40. The topological polar surface area (TPSA) is 60.9 Å². The lowest BCUT2D eigenvalue weighted by atomic mass is 9.78. The van der Waals surface area contributed by atoms with Gasteiger partial charge >= 0.3 is 12.0 Å². The summed E-state index contributed by atoms with van der Waals surface area (Å²) in [7, 11) is 0. The number of hydrogen-bond acceptors (Lipinski definition) is 2. The number of piperidine rings is 1. The molecule has 0 aromatic rings. The van der Waals surface area contributed by atoms with E-state index in [2.05, 4.69) is 13.8 Å². The van der Waals surface area contributed by atoms with Gasteiger partial charge in [0.2, 0.25) is 0 Å². The van der Waals surface area contributed by atoms with Crippen LogP contribution in [-0.4, -0.2) is 53.1 Å². The molecule has 0 aliphatic carbocycles. The molecule has 2 aliphatic rings. The molecule has 1 unspecified atom stereocenters. The monoisotopic (exact) mass is 282 g/mol. The van der Waals surface area contributed by atoms with E-state index in [0.717, 1.165) is 32.4 Å². The second kappa shape index (κ2) is 5.62. The highest BCUT2D eigenvalue weighted by atomic mass is 16.4.